The third-order valence-electron chi connectivity index (χ3n) is 7.30. The van der Waals surface area contributed by atoms with E-state index in [1.165, 1.54) is 52.5 Å². The van der Waals surface area contributed by atoms with E-state index >= 15 is 0 Å². The van der Waals surface area contributed by atoms with Gasteiger partial charge in [0.25, 0.3) is 20.0 Å². The van der Waals surface area contributed by atoms with Crippen molar-refractivity contribution in [1.29, 1.82) is 0 Å². The maximum Gasteiger partial charge on any atom is 0.478 e. The molecule has 6 heterocycles. The van der Waals surface area contributed by atoms with Gasteiger partial charge in [-0.2, -0.15) is 4.57 Å². The molecular weight excluding hydrogens is 660 g/mol. The molecule has 4 aromatic rings. The molecule has 0 spiro atoms. The number of fused-ring (bicyclic) bond motifs is 3. The van der Waals surface area contributed by atoms with Crippen LogP contribution in [0.5, 0.6) is 0 Å². The summed E-state index contributed by atoms with van der Waals surface area (Å²) in [4.78, 5) is 46.5. The van der Waals surface area contributed by atoms with E-state index in [1.807, 2.05) is 0 Å². The van der Waals surface area contributed by atoms with Crippen LogP contribution in [0.3, 0.4) is 0 Å². The SMILES string of the molecule is NC(=O)c1ccc[n+]([C@H]2O[C@H](COP(=O)([O-])OP(=O)(O)OC[C@H]3O[C@@H](n4cnc5c4ncn4ccnc54)[C@H](O)[C@@H]3O)[C@@H](O)[C@H]2O)c1. The van der Waals surface area contributed by atoms with E-state index in [4.69, 9.17) is 19.7 Å². The highest BCUT2D eigenvalue weighted by Crippen LogP contribution is 2.58. The highest BCUT2D eigenvalue weighted by atomic mass is 31.3. The number of phosphoric ester groups is 2. The summed E-state index contributed by atoms with van der Waals surface area (Å²) in [6, 6.07) is 2.83. The lowest BCUT2D eigenvalue weighted by Crippen LogP contribution is -2.46. The maximum absolute atomic E-state index is 12.5. The molecule has 0 bridgehead atoms. The minimum atomic E-state index is -5.62. The van der Waals surface area contributed by atoms with Crippen LogP contribution in [0.2, 0.25) is 0 Å². The molecule has 0 aromatic carbocycles. The molecule has 0 aliphatic carbocycles. The Kier molecular flexibility index (Phi) is 8.80. The molecule has 2 saturated heterocycles. The van der Waals surface area contributed by atoms with E-state index in [9.17, 15) is 44.1 Å². The van der Waals surface area contributed by atoms with E-state index in [-0.39, 0.29) is 11.2 Å². The van der Waals surface area contributed by atoms with Crippen molar-refractivity contribution >= 4 is 38.4 Å². The Hall–Kier alpha value is -3.27. The van der Waals surface area contributed by atoms with Gasteiger partial charge in [-0.3, -0.25) is 22.9 Å². The van der Waals surface area contributed by atoms with Crippen LogP contribution in [0, 0.1) is 0 Å². The van der Waals surface area contributed by atoms with Crippen LogP contribution in [0.1, 0.15) is 22.8 Å². The fourth-order valence-electron chi connectivity index (χ4n) is 5.05. The molecule has 248 valence electrons. The average molecular weight is 687 g/mol. The number of nitrogens with zero attached hydrogens (tertiary/aromatic N) is 6. The summed E-state index contributed by atoms with van der Waals surface area (Å²) in [7, 11) is -11.1. The van der Waals surface area contributed by atoms with Crippen molar-refractivity contribution in [2.75, 3.05) is 13.2 Å². The summed E-state index contributed by atoms with van der Waals surface area (Å²) in [5.74, 6) is -0.770. The fraction of sp³-hybridized carbons (Fsp3) is 0.435. The quantitative estimate of drug-likeness (QED) is 0.0677. The first-order valence-corrected chi connectivity index (χ1v) is 16.3. The van der Waals surface area contributed by atoms with Crippen molar-refractivity contribution in [1.82, 2.24) is 23.9 Å². The Morgan fingerprint density at radius 1 is 1.00 bits per heavy atom. The number of nitrogens with two attached hydrogens (primary N) is 1. The maximum atomic E-state index is 12.5. The van der Waals surface area contributed by atoms with E-state index in [0.29, 0.717) is 11.2 Å². The number of aliphatic hydroxyl groups excluding tert-OH is 4. The zero-order valence-corrected chi connectivity index (χ0v) is 25.0. The van der Waals surface area contributed by atoms with Gasteiger partial charge in [0.15, 0.2) is 41.5 Å². The predicted molar refractivity (Wildman–Crippen MR) is 144 cm³/mol. The number of aromatic nitrogens is 6. The number of imidazole rings is 2. The van der Waals surface area contributed by atoms with Crippen LogP contribution < -0.4 is 15.2 Å². The van der Waals surface area contributed by atoms with Gasteiger partial charge in [-0.15, -0.1) is 0 Å². The molecular formula is C23H27N7O14P2. The zero-order chi connectivity index (χ0) is 33.0. The van der Waals surface area contributed by atoms with Crippen molar-refractivity contribution in [3.63, 3.8) is 0 Å². The summed E-state index contributed by atoms with van der Waals surface area (Å²) in [5, 5.41) is 41.9. The van der Waals surface area contributed by atoms with Crippen molar-refractivity contribution in [3.8, 4) is 0 Å². The number of phosphoric acid groups is 2. The van der Waals surface area contributed by atoms with Gasteiger partial charge >= 0.3 is 7.82 Å². The number of hydrogen-bond acceptors (Lipinski definition) is 16. The monoisotopic (exact) mass is 687 g/mol. The molecule has 0 saturated carbocycles. The van der Waals surface area contributed by atoms with Gasteiger partial charge in [-0.1, -0.05) is 0 Å². The second-order valence-corrected chi connectivity index (χ2v) is 13.3. The molecule has 2 unspecified atom stereocenters. The normalized spacial score (nSPS) is 30.9. The molecule has 2 aliphatic rings. The van der Waals surface area contributed by atoms with Crippen LogP contribution in [0.25, 0.3) is 16.8 Å². The van der Waals surface area contributed by atoms with Gasteiger partial charge < -0.3 is 49.9 Å². The lowest BCUT2D eigenvalue weighted by Gasteiger charge is -2.26. The second-order valence-electron chi connectivity index (χ2n) is 10.3. The third kappa shape index (κ3) is 6.34. The third-order valence-corrected chi connectivity index (χ3v) is 9.87. The summed E-state index contributed by atoms with van der Waals surface area (Å²) in [6.07, 6.45) is -3.37. The number of amides is 1. The van der Waals surface area contributed by atoms with Gasteiger partial charge in [0.2, 0.25) is 0 Å². The van der Waals surface area contributed by atoms with Crippen LogP contribution in [0.15, 0.2) is 49.6 Å². The van der Waals surface area contributed by atoms with Crippen LogP contribution >= 0.6 is 15.6 Å². The summed E-state index contributed by atoms with van der Waals surface area (Å²) in [6.45, 7) is -1.87. The molecule has 1 amide bonds. The van der Waals surface area contributed by atoms with Crippen molar-refractivity contribution < 1.29 is 71.5 Å². The van der Waals surface area contributed by atoms with E-state index in [1.54, 1.807) is 10.6 Å². The smallest absolute Gasteiger partial charge is 0.478 e. The van der Waals surface area contributed by atoms with E-state index < -0.39 is 83.8 Å². The standard InChI is InChI=1S/C23H27N7O14P2/c24-19(35)11-2-1-4-28(6-11)22-17(33)15(31)12(42-22)7-40-45(36,37)44-46(38,39)41-8-13-16(32)18(34)23(43-13)30-10-26-14-20-25-3-5-29(20)9-27-21(14)30/h1-6,9-10,12-13,15-18,22-23,31-34H,7-8H2,(H3-,24,35,36,37,38,39)/t12-,13-,15-,16-,17-,18-,22+,23-/m1/s1. The van der Waals surface area contributed by atoms with Crippen LogP contribution in [-0.4, -0.2) is 105 Å². The summed E-state index contributed by atoms with van der Waals surface area (Å²) >= 11 is 0. The van der Waals surface area contributed by atoms with Crippen LogP contribution in [-0.2, 0) is 32.0 Å². The Morgan fingerprint density at radius 3 is 2.48 bits per heavy atom. The van der Waals surface area contributed by atoms with Crippen molar-refractivity contribution in [2.45, 2.75) is 49.1 Å². The number of carbonyl (C=O) groups is 1. The van der Waals surface area contributed by atoms with Gasteiger partial charge in [-0.05, 0) is 6.07 Å². The second kappa shape index (κ2) is 12.4. The Labute approximate surface area is 257 Å². The van der Waals surface area contributed by atoms with Crippen molar-refractivity contribution in [3.05, 3.63) is 55.1 Å². The van der Waals surface area contributed by atoms with Gasteiger partial charge in [0.1, 0.15) is 42.4 Å². The first kappa shape index (κ1) is 32.7. The number of primary amides is 1. The first-order chi connectivity index (χ1) is 21.7. The molecule has 0 radical (unpaired) electrons. The van der Waals surface area contributed by atoms with Crippen LogP contribution in [0.4, 0.5) is 0 Å². The number of carbonyl (C=O) groups excluding carboxylic acids is 1. The largest absolute Gasteiger partial charge is 0.756 e. The highest BCUT2D eigenvalue weighted by Gasteiger charge is 2.49. The molecule has 2 fully saturated rings. The number of hydrogen-bond donors (Lipinski definition) is 6. The fourth-order valence-corrected chi connectivity index (χ4v) is 7.10. The van der Waals surface area contributed by atoms with Crippen molar-refractivity contribution in [2.24, 2.45) is 5.73 Å². The Morgan fingerprint density at radius 2 is 1.72 bits per heavy atom. The molecule has 46 heavy (non-hydrogen) atoms. The lowest BCUT2D eigenvalue weighted by atomic mass is 10.1. The topological polar surface area (TPSA) is 299 Å². The number of pyridine rings is 1. The van der Waals surface area contributed by atoms with Gasteiger partial charge in [-0.25, -0.2) is 23.8 Å². The molecule has 21 nitrogen and oxygen atoms in total. The molecule has 23 heteroatoms. The highest BCUT2D eigenvalue weighted by molar-refractivity contribution is 7.60. The molecule has 10 atom stereocenters. The number of aliphatic hydroxyl groups is 4. The molecule has 6 rings (SSSR count). The molecule has 2 aliphatic heterocycles. The molecule has 4 aromatic heterocycles. The molecule has 7 N–H and O–H groups in total. The number of rotatable bonds is 11. The minimum absolute atomic E-state index is 0.0626. The zero-order valence-electron chi connectivity index (χ0n) is 23.2. The minimum Gasteiger partial charge on any atom is -0.756 e. The Balaban J connectivity index is 1.04. The predicted octanol–water partition coefficient (Wildman–Crippen LogP) is -2.98. The first-order valence-electron chi connectivity index (χ1n) is 13.4. The summed E-state index contributed by atoms with van der Waals surface area (Å²) < 4.78 is 53.6. The van der Waals surface area contributed by atoms with E-state index in [2.05, 4.69) is 23.8 Å². The van der Waals surface area contributed by atoms with E-state index in [0.717, 1.165) is 0 Å². The average Bonchev–Trinajstić information content (AvgIpc) is 3.77. The summed E-state index contributed by atoms with van der Waals surface area (Å²) in [5.41, 5.74) is 6.40. The van der Waals surface area contributed by atoms with Gasteiger partial charge in [0.05, 0.1) is 19.5 Å². The van der Waals surface area contributed by atoms with Gasteiger partial charge in [0, 0.05) is 18.5 Å². The number of ether oxygens (including phenoxy) is 2. The lowest BCUT2D eigenvalue weighted by molar-refractivity contribution is -0.765. The Bertz CT molecular complexity index is 1860.